The lowest BCUT2D eigenvalue weighted by Gasteiger charge is -2.57. The molecule has 0 saturated heterocycles. The summed E-state index contributed by atoms with van der Waals surface area (Å²) < 4.78 is 0. The number of hydrogen-bond donors (Lipinski definition) is 0. The van der Waals surface area contributed by atoms with Gasteiger partial charge in [0, 0.05) is 5.16 Å². The van der Waals surface area contributed by atoms with Gasteiger partial charge in [-0.3, -0.25) is 0 Å². The molecule has 0 aliphatic heterocycles. The Labute approximate surface area is 179 Å². The first-order valence-electron chi connectivity index (χ1n) is 12.6. The molecular weight excluding hydrogens is 367 g/mol. The molecule has 0 amide bonds. The van der Waals surface area contributed by atoms with Crippen LogP contribution in [-0.2, 0) is 6.16 Å². The van der Waals surface area contributed by atoms with Gasteiger partial charge in [0.2, 0.25) is 0 Å². The number of allylic oxidation sites excluding steroid dienone is 2. The van der Waals surface area contributed by atoms with Crippen LogP contribution in [0.2, 0.25) is 0 Å². The zero-order chi connectivity index (χ0) is 19.6. The van der Waals surface area contributed by atoms with Crippen LogP contribution in [0.25, 0.3) is 0 Å². The molecular formula is C28H39P. The second-order valence-electron chi connectivity index (χ2n) is 12.0. The Morgan fingerprint density at radius 1 is 1.00 bits per heavy atom. The van der Waals surface area contributed by atoms with Crippen molar-refractivity contribution in [2.75, 3.05) is 0 Å². The Kier molecular flexibility index (Phi) is 4.58. The van der Waals surface area contributed by atoms with Crippen molar-refractivity contribution in [1.29, 1.82) is 0 Å². The quantitative estimate of drug-likeness (QED) is 0.349. The van der Waals surface area contributed by atoms with Gasteiger partial charge < -0.3 is 0 Å². The Morgan fingerprint density at radius 2 is 1.86 bits per heavy atom. The van der Waals surface area contributed by atoms with E-state index in [-0.39, 0.29) is 7.92 Å². The van der Waals surface area contributed by atoms with Gasteiger partial charge in [0.05, 0.1) is 0 Å². The average molecular weight is 407 g/mol. The molecule has 4 saturated carbocycles. The van der Waals surface area contributed by atoms with Gasteiger partial charge >= 0.3 is 0 Å². The predicted octanol–water partition coefficient (Wildman–Crippen LogP) is 8.16. The third-order valence-corrected chi connectivity index (χ3v) is 13.7. The second-order valence-corrected chi connectivity index (χ2v) is 15.1. The van der Waals surface area contributed by atoms with E-state index < -0.39 is 0 Å². The summed E-state index contributed by atoms with van der Waals surface area (Å²) in [4.78, 5) is 0. The van der Waals surface area contributed by atoms with Gasteiger partial charge in [0.15, 0.2) is 0 Å². The van der Waals surface area contributed by atoms with Gasteiger partial charge in [0.25, 0.3) is 0 Å². The Bertz CT molecular complexity index is 792. The maximum absolute atomic E-state index is 2.92. The lowest BCUT2D eigenvalue weighted by atomic mass is 9.68. The predicted molar refractivity (Wildman–Crippen MR) is 126 cm³/mol. The van der Waals surface area contributed by atoms with E-state index in [4.69, 9.17) is 0 Å². The van der Waals surface area contributed by atoms with Gasteiger partial charge in [-0.15, -0.1) is 0 Å². The zero-order valence-electron chi connectivity index (χ0n) is 18.6. The molecule has 0 radical (unpaired) electrons. The van der Waals surface area contributed by atoms with Crippen molar-refractivity contribution in [1.82, 2.24) is 0 Å². The highest BCUT2D eigenvalue weighted by Crippen LogP contribution is 2.74. The fraction of sp³-hybridized carbons (Fsp3) is 0.714. The second kappa shape index (κ2) is 6.95. The van der Waals surface area contributed by atoms with E-state index in [2.05, 4.69) is 50.3 Å². The third kappa shape index (κ3) is 3.19. The largest absolute Gasteiger partial charge is 0.0858 e. The van der Waals surface area contributed by atoms with Crippen molar-refractivity contribution < 1.29 is 0 Å². The monoisotopic (exact) mass is 406 g/mol. The normalized spacial score (nSPS) is 46.4. The molecule has 0 aromatic heterocycles. The molecule has 29 heavy (non-hydrogen) atoms. The summed E-state index contributed by atoms with van der Waals surface area (Å²) in [6.07, 6.45) is 19.5. The van der Waals surface area contributed by atoms with Gasteiger partial charge in [0.1, 0.15) is 0 Å². The van der Waals surface area contributed by atoms with E-state index in [1.54, 1.807) is 18.4 Å². The van der Waals surface area contributed by atoms with Gasteiger partial charge in [-0.2, -0.15) is 0 Å². The first kappa shape index (κ1) is 19.1. The van der Waals surface area contributed by atoms with E-state index in [0.717, 1.165) is 29.6 Å². The maximum Gasteiger partial charge on any atom is 0.00688 e. The molecule has 0 N–H and O–H groups in total. The number of hydrogen-bond acceptors (Lipinski definition) is 0. The van der Waals surface area contributed by atoms with Gasteiger partial charge in [-0.25, -0.2) is 0 Å². The van der Waals surface area contributed by atoms with Crippen molar-refractivity contribution in [3.63, 3.8) is 0 Å². The summed E-state index contributed by atoms with van der Waals surface area (Å²) in [6.45, 7) is 5.31. The van der Waals surface area contributed by atoms with E-state index >= 15 is 0 Å². The smallest absolute Gasteiger partial charge is 0.00688 e. The summed E-state index contributed by atoms with van der Waals surface area (Å²) in [5, 5.41) is 1.13. The van der Waals surface area contributed by atoms with Crippen LogP contribution in [0.5, 0.6) is 0 Å². The van der Waals surface area contributed by atoms with Crippen LogP contribution in [0, 0.1) is 29.6 Å². The fourth-order valence-electron chi connectivity index (χ4n) is 8.94. The highest BCUT2D eigenvalue weighted by molar-refractivity contribution is 7.60. The molecule has 6 rings (SSSR count). The minimum absolute atomic E-state index is 0.0489. The average Bonchev–Trinajstić information content (AvgIpc) is 2.93. The minimum Gasteiger partial charge on any atom is -0.0858 e. The summed E-state index contributed by atoms with van der Waals surface area (Å²) in [6, 6.07) is 11.6. The Morgan fingerprint density at radius 3 is 2.72 bits per heavy atom. The molecule has 0 heterocycles. The van der Waals surface area contributed by atoms with Crippen LogP contribution >= 0.6 is 7.92 Å². The first-order chi connectivity index (χ1) is 14.0. The molecule has 1 heteroatoms. The topological polar surface area (TPSA) is 0 Å². The minimum atomic E-state index is -0.0489. The zero-order valence-corrected chi connectivity index (χ0v) is 19.5. The van der Waals surface area contributed by atoms with Crippen molar-refractivity contribution in [2.24, 2.45) is 29.6 Å². The molecule has 8 atom stereocenters. The Hall–Kier alpha value is -0.610. The van der Waals surface area contributed by atoms with Crippen LogP contribution in [-0.4, -0.2) is 10.3 Å². The number of benzene rings is 1. The molecule has 1 aromatic rings. The van der Waals surface area contributed by atoms with Crippen LogP contribution in [0.15, 0.2) is 42.0 Å². The van der Waals surface area contributed by atoms with E-state index in [1.165, 1.54) is 57.5 Å². The molecule has 0 nitrogen and oxygen atoms in total. The van der Waals surface area contributed by atoms with Crippen molar-refractivity contribution in [2.45, 2.75) is 94.5 Å². The molecule has 1 aromatic carbocycles. The highest BCUT2D eigenvalue weighted by atomic mass is 31.1. The van der Waals surface area contributed by atoms with Crippen LogP contribution in [0.4, 0.5) is 0 Å². The van der Waals surface area contributed by atoms with Crippen molar-refractivity contribution >= 4 is 7.92 Å². The lowest BCUT2D eigenvalue weighted by molar-refractivity contribution is 0.164. The molecule has 8 unspecified atom stereocenters. The molecule has 5 aliphatic carbocycles. The van der Waals surface area contributed by atoms with Gasteiger partial charge in [-0.1, -0.05) is 76.6 Å². The lowest BCUT2D eigenvalue weighted by Crippen LogP contribution is -2.45. The summed E-state index contributed by atoms with van der Waals surface area (Å²) in [5.74, 6) is 5.06. The van der Waals surface area contributed by atoms with Crippen LogP contribution in [0.1, 0.15) is 83.6 Å². The van der Waals surface area contributed by atoms with E-state index in [9.17, 15) is 0 Å². The molecule has 156 valence electrons. The van der Waals surface area contributed by atoms with Crippen molar-refractivity contribution in [3.8, 4) is 0 Å². The molecule has 4 fully saturated rings. The maximum atomic E-state index is 2.92. The third-order valence-electron chi connectivity index (χ3n) is 9.72. The molecule has 0 spiro atoms. The Balaban J connectivity index is 1.42. The van der Waals surface area contributed by atoms with Crippen LogP contribution < -0.4 is 0 Å². The summed E-state index contributed by atoms with van der Waals surface area (Å²) in [5.41, 5.74) is 3.51. The SMILES string of the molecule is CC1CC2CCCC(P(Cc3ccccc3)C3(C)C=C4CC5CC(CC45)C3)(C1)C2. The highest BCUT2D eigenvalue weighted by Gasteiger charge is 2.56. The summed E-state index contributed by atoms with van der Waals surface area (Å²) >= 11 is 0. The standard InChI is InChI=1S/C28H39P/c1-20-11-22-9-6-10-28(15-20,17-22)29(19-21-7-4-3-5-8-21)27(2)16-23-12-24-14-25(18-27)26(24)13-23/h3-5,7-8,18,20,22-24,26H,6,9-17,19H2,1-2H3. The van der Waals surface area contributed by atoms with Crippen LogP contribution in [0.3, 0.4) is 0 Å². The summed E-state index contributed by atoms with van der Waals surface area (Å²) in [7, 11) is -0.0489. The van der Waals surface area contributed by atoms with Gasteiger partial charge in [-0.05, 0) is 97.8 Å². The molecule has 4 bridgehead atoms. The fourth-order valence-corrected chi connectivity index (χ4v) is 13.5. The number of fused-ring (bicyclic) bond motifs is 3. The first-order valence-corrected chi connectivity index (χ1v) is 14.1. The van der Waals surface area contributed by atoms with Crippen molar-refractivity contribution in [3.05, 3.63) is 47.5 Å². The molecule has 5 aliphatic rings. The van der Waals surface area contributed by atoms with E-state index in [1.807, 2.05) is 5.57 Å². The van der Waals surface area contributed by atoms with E-state index in [0.29, 0.717) is 10.3 Å². The number of rotatable bonds is 4.